The van der Waals surface area contributed by atoms with Gasteiger partial charge in [-0.1, -0.05) is 0 Å². The van der Waals surface area contributed by atoms with Crippen LogP contribution in [0.25, 0.3) is 0 Å². The molecule has 0 spiro atoms. The second kappa shape index (κ2) is 4.80. The van der Waals surface area contributed by atoms with E-state index in [-0.39, 0.29) is 22.6 Å². The van der Waals surface area contributed by atoms with Gasteiger partial charge < -0.3 is 30.3 Å². The summed E-state index contributed by atoms with van der Waals surface area (Å²) in [5, 5.41) is 47.5. The normalized spacial score (nSPS) is 16.8. The van der Waals surface area contributed by atoms with E-state index in [1.807, 2.05) is 0 Å². The maximum atomic E-state index is 12.2. The van der Waals surface area contributed by atoms with Gasteiger partial charge in [0, 0.05) is 17.7 Å². The van der Waals surface area contributed by atoms with Gasteiger partial charge in [-0.05, 0) is 12.1 Å². The Morgan fingerprint density at radius 2 is 1.43 bits per heavy atom. The smallest absolute Gasteiger partial charge is 0.248 e. The van der Waals surface area contributed by atoms with Crippen LogP contribution in [0.5, 0.6) is 34.5 Å². The molecular weight excluding hydrogens is 308 g/mol. The van der Waals surface area contributed by atoms with Crippen molar-refractivity contribution < 1.29 is 39.9 Å². The summed E-state index contributed by atoms with van der Waals surface area (Å²) < 4.78 is 5.32. The van der Waals surface area contributed by atoms with Gasteiger partial charge in [-0.25, -0.2) is 0 Å². The number of hydrogen-bond acceptors (Lipinski definition) is 8. The van der Waals surface area contributed by atoms with E-state index in [1.54, 1.807) is 0 Å². The third-order valence-electron chi connectivity index (χ3n) is 3.39. The number of carbonyl (C=O) groups excluding carboxylic acids is 2. The van der Waals surface area contributed by atoms with Crippen LogP contribution in [0.15, 0.2) is 24.3 Å². The van der Waals surface area contributed by atoms with Gasteiger partial charge in [0.25, 0.3) is 0 Å². The predicted octanol–water partition coefficient (Wildman–Crippen LogP) is 1.10. The van der Waals surface area contributed by atoms with Gasteiger partial charge >= 0.3 is 0 Å². The number of benzene rings is 2. The molecule has 0 amide bonds. The number of phenolic OH excluding ortho intramolecular Hbond substituents is 5. The van der Waals surface area contributed by atoms with E-state index < -0.39 is 40.7 Å². The zero-order valence-electron chi connectivity index (χ0n) is 11.3. The third kappa shape index (κ3) is 2.16. The quantitative estimate of drug-likeness (QED) is 0.388. The number of fused-ring (bicyclic) bond motifs is 1. The van der Waals surface area contributed by atoms with Gasteiger partial charge in [-0.2, -0.15) is 0 Å². The summed E-state index contributed by atoms with van der Waals surface area (Å²) in [4.78, 5) is 24.3. The molecule has 118 valence electrons. The van der Waals surface area contributed by atoms with Crippen LogP contribution in [0.1, 0.15) is 22.0 Å². The van der Waals surface area contributed by atoms with Crippen molar-refractivity contribution in [2.24, 2.45) is 0 Å². The molecule has 1 heterocycles. The monoisotopic (exact) mass is 318 g/mol. The molecule has 1 atom stereocenters. The van der Waals surface area contributed by atoms with Crippen LogP contribution in [0.4, 0.5) is 0 Å². The highest BCUT2D eigenvalue weighted by molar-refractivity contribution is 6.47. The Bertz CT molecular complexity index is 832. The Morgan fingerprint density at radius 3 is 2.04 bits per heavy atom. The first-order valence-electron chi connectivity index (χ1n) is 6.35. The molecule has 5 N–H and O–H groups in total. The Balaban J connectivity index is 2.13. The molecule has 3 rings (SSSR count). The van der Waals surface area contributed by atoms with Crippen molar-refractivity contribution in [3.05, 3.63) is 35.4 Å². The summed E-state index contributed by atoms with van der Waals surface area (Å²) in [6.45, 7) is 0. The van der Waals surface area contributed by atoms with Crippen LogP contribution in [0.2, 0.25) is 0 Å². The summed E-state index contributed by atoms with van der Waals surface area (Å²) in [7, 11) is 0. The lowest BCUT2D eigenvalue weighted by molar-refractivity contribution is -0.122. The molecule has 0 saturated carbocycles. The predicted molar refractivity (Wildman–Crippen MR) is 73.9 cm³/mol. The minimum absolute atomic E-state index is 0.0790. The van der Waals surface area contributed by atoms with Crippen LogP contribution in [-0.2, 0) is 4.79 Å². The van der Waals surface area contributed by atoms with Crippen LogP contribution >= 0.6 is 0 Å². The van der Waals surface area contributed by atoms with E-state index in [0.717, 1.165) is 24.3 Å². The minimum atomic E-state index is -1.51. The van der Waals surface area contributed by atoms with Crippen LogP contribution in [0.3, 0.4) is 0 Å². The van der Waals surface area contributed by atoms with Crippen molar-refractivity contribution >= 4 is 11.6 Å². The first-order valence-corrected chi connectivity index (χ1v) is 6.35. The molecule has 23 heavy (non-hydrogen) atoms. The van der Waals surface area contributed by atoms with Crippen molar-refractivity contribution in [3.63, 3.8) is 0 Å². The van der Waals surface area contributed by atoms with Crippen molar-refractivity contribution in [2.75, 3.05) is 0 Å². The molecule has 2 aromatic rings. The average Bonchev–Trinajstić information content (AvgIpc) is 2.47. The molecule has 1 aliphatic rings. The number of aromatic hydroxyl groups is 5. The van der Waals surface area contributed by atoms with Crippen LogP contribution in [-0.4, -0.2) is 37.1 Å². The lowest BCUT2D eigenvalue weighted by Gasteiger charge is -2.25. The highest BCUT2D eigenvalue weighted by atomic mass is 16.5. The molecule has 8 heteroatoms. The second-order valence-electron chi connectivity index (χ2n) is 4.94. The number of Topliss-reactive ketones (excluding diaryl/α,β-unsaturated/α-hetero) is 2. The molecular formula is C15H10O8. The molecule has 0 aliphatic carbocycles. The molecule has 0 fully saturated rings. The maximum absolute atomic E-state index is 12.2. The van der Waals surface area contributed by atoms with E-state index in [9.17, 15) is 35.1 Å². The molecule has 0 unspecified atom stereocenters. The molecule has 2 aromatic carbocycles. The number of carbonyl (C=O) groups is 2. The van der Waals surface area contributed by atoms with Crippen molar-refractivity contribution in [2.45, 2.75) is 6.10 Å². The number of phenols is 5. The fraction of sp³-hybridized carbons (Fsp3) is 0.0667. The molecule has 0 saturated heterocycles. The highest BCUT2D eigenvalue weighted by Crippen LogP contribution is 2.43. The lowest BCUT2D eigenvalue weighted by Crippen LogP contribution is -2.31. The average molecular weight is 318 g/mol. The highest BCUT2D eigenvalue weighted by Gasteiger charge is 2.39. The molecule has 8 nitrogen and oxygen atoms in total. The van der Waals surface area contributed by atoms with Crippen molar-refractivity contribution in [3.8, 4) is 34.5 Å². The molecule has 0 radical (unpaired) electrons. The fourth-order valence-corrected chi connectivity index (χ4v) is 2.33. The second-order valence-corrected chi connectivity index (χ2v) is 4.94. The number of rotatable bonds is 1. The Morgan fingerprint density at radius 1 is 0.826 bits per heavy atom. The van der Waals surface area contributed by atoms with Gasteiger partial charge in [-0.3, -0.25) is 9.59 Å². The topological polar surface area (TPSA) is 145 Å². The Labute approximate surface area is 128 Å². The van der Waals surface area contributed by atoms with Crippen LogP contribution < -0.4 is 4.74 Å². The van der Waals surface area contributed by atoms with Gasteiger partial charge in [0.2, 0.25) is 11.6 Å². The summed E-state index contributed by atoms with van der Waals surface area (Å²) in [6, 6.07) is 3.86. The summed E-state index contributed by atoms with van der Waals surface area (Å²) in [5.41, 5.74) is -0.457. The van der Waals surface area contributed by atoms with E-state index in [1.165, 1.54) is 0 Å². The van der Waals surface area contributed by atoms with E-state index in [4.69, 9.17) is 4.74 Å². The van der Waals surface area contributed by atoms with E-state index in [0.29, 0.717) is 0 Å². The van der Waals surface area contributed by atoms with Crippen LogP contribution in [0, 0.1) is 0 Å². The SMILES string of the molecule is O=C1C(=O)[C@@H](c2cc(O)c(O)c(O)c2)Oc2cc(O)cc(O)c21. The number of ether oxygens (including phenoxy) is 1. The van der Waals surface area contributed by atoms with Gasteiger partial charge in [-0.15, -0.1) is 0 Å². The van der Waals surface area contributed by atoms with E-state index >= 15 is 0 Å². The van der Waals surface area contributed by atoms with Crippen molar-refractivity contribution in [1.82, 2.24) is 0 Å². The standard InChI is InChI=1S/C15H10O8/c16-6-3-7(17)11-10(4-6)23-15(14(22)13(11)21)5-1-8(18)12(20)9(19)2-5/h1-4,15-20H/t15-/m1/s1. The summed E-state index contributed by atoms with van der Waals surface area (Å²) in [6.07, 6.45) is -1.51. The first-order chi connectivity index (χ1) is 10.8. The third-order valence-corrected chi connectivity index (χ3v) is 3.39. The Kier molecular flexibility index (Phi) is 3.03. The van der Waals surface area contributed by atoms with Gasteiger partial charge in [0.05, 0.1) is 0 Å². The van der Waals surface area contributed by atoms with Crippen molar-refractivity contribution in [1.29, 1.82) is 0 Å². The number of hydrogen-bond donors (Lipinski definition) is 5. The molecule has 1 aliphatic heterocycles. The first kappa shape index (κ1) is 14.5. The van der Waals surface area contributed by atoms with Gasteiger partial charge in [0.15, 0.2) is 23.4 Å². The minimum Gasteiger partial charge on any atom is -0.508 e. The molecule has 0 aromatic heterocycles. The summed E-state index contributed by atoms with van der Waals surface area (Å²) in [5.74, 6) is -5.46. The van der Waals surface area contributed by atoms with Gasteiger partial charge in [0.1, 0.15) is 22.8 Å². The summed E-state index contributed by atoms with van der Waals surface area (Å²) >= 11 is 0. The zero-order valence-corrected chi connectivity index (χ0v) is 11.3. The lowest BCUT2D eigenvalue weighted by atomic mass is 9.94. The zero-order chi connectivity index (χ0) is 16.9. The number of ketones is 2. The fourth-order valence-electron chi connectivity index (χ4n) is 2.33. The van der Waals surface area contributed by atoms with E-state index in [2.05, 4.69) is 0 Å². The maximum Gasteiger partial charge on any atom is 0.248 e. The Hall–Kier alpha value is -3.42. The largest absolute Gasteiger partial charge is 0.508 e. The molecule has 0 bridgehead atoms.